The van der Waals surface area contributed by atoms with E-state index in [1.54, 1.807) is 0 Å². The van der Waals surface area contributed by atoms with Gasteiger partial charge in [-0.3, -0.25) is 14.1 Å². The maximum atomic E-state index is 12.5. The number of phosphoric acid groups is 1. The van der Waals surface area contributed by atoms with Crippen molar-refractivity contribution in [1.82, 2.24) is 0 Å². The summed E-state index contributed by atoms with van der Waals surface area (Å²) in [4.78, 5) is 43.1. The molecule has 0 unspecified atom stereocenters. The van der Waals surface area contributed by atoms with Gasteiger partial charge in [0.05, 0.1) is 6.61 Å². The highest BCUT2D eigenvalue weighted by Crippen LogP contribution is 2.36. The Labute approximate surface area is 359 Å². The van der Waals surface area contributed by atoms with Crippen molar-refractivity contribution in [1.29, 1.82) is 0 Å². The molecule has 0 spiro atoms. The van der Waals surface area contributed by atoms with Crippen molar-refractivity contribution in [2.24, 2.45) is 0 Å². The molecular weight excluding hydrogens is 748 g/mol. The Hall–Kier alpha value is -0.950. The van der Waals surface area contributed by atoms with Crippen LogP contribution in [0.2, 0.25) is 0 Å². The number of phosphoric ester groups is 1. The Balaban J connectivity index is 3.75. The van der Waals surface area contributed by atoms with Crippen LogP contribution >= 0.6 is 7.82 Å². The van der Waals surface area contributed by atoms with Crippen molar-refractivity contribution >= 4 is 19.8 Å². The van der Waals surface area contributed by atoms with Gasteiger partial charge in [0.1, 0.15) is 6.61 Å². The molecule has 0 radical (unpaired) electrons. The van der Waals surface area contributed by atoms with E-state index in [1.165, 1.54) is 218 Å². The van der Waals surface area contributed by atoms with Gasteiger partial charge in [-0.25, -0.2) is 4.57 Å². The number of ether oxygens (including phenoxy) is 2. The third kappa shape index (κ3) is 47.7. The lowest BCUT2D eigenvalue weighted by Crippen LogP contribution is -2.29. The molecule has 0 aromatic rings. The summed E-state index contributed by atoms with van der Waals surface area (Å²) in [6.07, 6.45) is 51.2. The predicted molar refractivity (Wildman–Crippen MR) is 244 cm³/mol. The summed E-state index contributed by atoms with van der Waals surface area (Å²) in [5.74, 6) is -0.861. The van der Waals surface area contributed by atoms with E-state index in [0.29, 0.717) is 6.42 Å². The molecule has 0 heterocycles. The highest BCUT2D eigenvalue weighted by Gasteiger charge is 2.23. The lowest BCUT2D eigenvalue weighted by molar-refractivity contribution is -0.161. The molecule has 0 aliphatic rings. The van der Waals surface area contributed by atoms with Crippen molar-refractivity contribution < 1.29 is 37.9 Å². The first kappa shape index (κ1) is 57.1. The molecule has 0 rings (SSSR count). The second-order valence-electron chi connectivity index (χ2n) is 17.5. The summed E-state index contributed by atoms with van der Waals surface area (Å²) < 4.78 is 26.5. The van der Waals surface area contributed by atoms with Crippen LogP contribution < -0.4 is 0 Å². The van der Waals surface area contributed by atoms with Crippen molar-refractivity contribution in [2.75, 3.05) is 13.2 Å². The van der Waals surface area contributed by atoms with Gasteiger partial charge in [-0.05, 0) is 12.8 Å². The molecule has 0 fully saturated rings. The zero-order valence-electron chi connectivity index (χ0n) is 38.5. The zero-order chi connectivity index (χ0) is 42.5. The monoisotopic (exact) mass is 845 g/mol. The van der Waals surface area contributed by atoms with E-state index in [2.05, 4.69) is 18.4 Å². The smallest absolute Gasteiger partial charge is 0.462 e. The summed E-state index contributed by atoms with van der Waals surface area (Å²) in [5.41, 5.74) is 0. The number of unbranched alkanes of at least 4 members (excludes halogenated alkanes) is 38. The van der Waals surface area contributed by atoms with Crippen molar-refractivity contribution in [3.63, 3.8) is 0 Å². The van der Waals surface area contributed by atoms with Gasteiger partial charge in [-0.1, -0.05) is 258 Å². The first-order valence-corrected chi connectivity index (χ1v) is 26.9. The van der Waals surface area contributed by atoms with E-state index in [9.17, 15) is 14.2 Å². The summed E-state index contributed by atoms with van der Waals surface area (Å²) in [5, 5.41) is 0. The Bertz CT molecular complexity index is 909. The van der Waals surface area contributed by atoms with Gasteiger partial charge in [0, 0.05) is 12.8 Å². The van der Waals surface area contributed by atoms with Crippen LogP contribution in [0.3, 0.4) is 0 Å². The molecule has 346 valence electrons. The lowest BCUT2D eigenvalue weighted by Gasteiger charge is -2.18. The van der Waals surface area contributed by atoms with E-state index in [4.69, 9.17) is 19.3 Å². The molecular formula is C49H97O8P. The van der Waals surface area contributed by atoms with Crippen LogP contribution in [0.25, 0.3) is 0 Å². The molecule has 0 amide bonds. The van der Waals surface area contributed by atoms with E-state index in [-0.39, 0.29) is 19.4 Å². The minimum atomic E-state index is -4.75. The maximum Gasteiger partial charge on any atom is 0.469 e. The third-order valence-electron chi connectivity index (χ3n) is 11.6. The number of carbonyl (C=O) groups is 2. The van der Waals surface area contributed by atoms with Crippen molar-refractivity contribution in [3.05, 3.63) is 0 Å². The Kier molecular flexibility index (Phi) is 44.8. The molecule has 0 aliphatic carbocycles. The van der Waals surface area contributed by atoms with Crippen LogP contribution in [0.5, 0.6) is 0 Å². The summed E-state index contributed by atoms with van der Waals surface area (Å²) in [6.45, 7) is 3.75. The predicted octanol–water partition coefficient (Wildman–Crippen LogP) is 16.0. The van der Waals surface area contributed by atoms with E-state index in [0.717, 1.165) is 32.1 Å². The summed E-state index contributed by atoms with van der Waals surface area (Å²) >= 11 is 0. The molecule has 2 N–H and O–H groups in total. The van der Waals surface area contributed by atoms with E-state index in [1.807, 2.05) is 0 Å². The maximum absolute atomic E-state index is 12.5. The lowest BCUT2D eigenvalue weighted by atomic mass is 10.0. The first-order valence-electron chi connectivity index (χ1n) is 25.3. The summed E-state index contributed by atoms with van der Waals surface area (Å²) in [7, 11) is -4.75. The topological polar surface area (TPSA) is 119 Å². The van der Waals surface area contributed by atoms with Gasteiger partial charge in [0.15, 0.2) is 6.10 Å². The largest absolute Gasteiger partial charge is 0.469 e. The van der Waals surface area contributed by atoms with Crippen LogP contribution in [0.4, 0.5) is 0 Å². The number of carbonyl (C=O) groups excluding carboxylic acids is 2. The third-order valence-corrected chi connectivity index (χ3v) is 12.1. The normalized spacial score (nSPS) is 12.3. The molecule has 9 heteroatoms. The summed E-state index contributed by atoms with van der Waals surface area (Å²) in [6, 6.07) is 0. The van der Waals surface area contributed by atoms with Crippen LogP contribution in [0, 0.1) is 0 Å². The van der Waals surface area contributed by atoms with Gasteiger partial charge < -0.3 is 19.3 Å². The average Bonchev–Trinajstić information content (AvgIpc) is 3.20. The molecule has 0 bridgehead atoms. The van der Waals surface area contributed by atoms with Crippen LogP contribution in [-0.4, -0.2) is 41.0 Å². The van der Waals surface area contributed by atoms with E-state index >= 15 is 0 Å². The van der Waals surface area contributed by atoms with Crippen molar-refractivity contribution in [2.45, 2.75) is 290 Å². The second kappa shape index (κ2) is 45.6. The van der Waals surface area contributed by atoms with Gasteiger partial charge in [-0.2, -0.15) is 0 Å². The number of hydrogen-bond donors (Lipinski definition) is 2. The van der Waals surface area contributed by atoms with Crippen molar-refractivity contribution in [3.8, 4) is 0 Å². The molecule has 1 atom stereocenters. The fourth-order valence-corrected chi connectivity index (χ4v) is 8.21. The molecule has 8 nitrogen and oxygen atoms in total. The van der Waals surface area contributed by atoms with Gasteiger partial charge in [0.25, 0.3) is 0 Å². The first-order chi connectivity index (χ1) is 28.3. The number of rotatable bonds is 48. The van der Waals surface area contributed by atoms with Crippen LogP contribution in [-0.2, 0) is 28.2 Å². The highest BCUT2D eigenvalue weighted by atomic mass is 31.2. The minimum Gasteiger partial charge on any atom is -0.462 e. The Morgan fingerprint density at radius 2 is 0.621 bits per heavy atom. The number of hydrogen-bond acceptors (Lipinski definition) is 6. The second-order valence-corrected chi connectivity index (χ2v) is 18.8. The molecule has 0 aromatic carbocycles. The quantitative estimate of drug-likeness (QED) is 0.0353. The van der Waals surface area contributed by atoms with Gasteiger partial charge >= 0.3 is 19.8 Å². The molecule has 0 aliphatic heterocycles. The molecule has 0 aromatic heterocycles. The fourth-order valence-electron chi connectivity index (χ4n) is 7.85. The fraction of sp³-hybridized carbons (Fsp3) is 0.959. The Morgan fingerprint density at radius 3 is 0.879 bits per heavy atom. The molecule has 0 saturated carbocycles. The minimum absolute atomic E-state index is 0.221. The van der Waals surface area contributed by atoms with E-state index < -0.39 is 32.5 Å². The number of esters is 2. The molecule has 58 heavy (non-hydrogen) atoms. The van der Waals surface area contributed by atoms with Crippen LogP contribution in [0.15, 0.2) is 0 Å². The van der Waals surface area contributed by atoms with Crippen LogP contribution in [0.1, 0.15) is 284 Å². The SMILES string of the molecule is CCCCCCCCCCCCCCCCCCCCCCCCC(=O)OC[C@H](COP(=O)(O)O)OC(=O)CCCCCCCCCCCCCCCCCCCC. The van der Waals surface area contributed by atoms with Gasteiger partial charge in [0.2, 0.25) is 0 Å². The Morgan fingerprint density at radius 1 is 0.379 bits per heavy atom. The zero-order valence-corrected chi connectivity index (χ0v) is 39.4. The average molecular weight is 845 g/mol. The highest BCUT2D eigenvalue weighted by molar-refractivity contribution is 7.46. The standard InChI is InChI=1S/C49H97O8P/c1-3-5-7-9-11-13-15-17-19-21-23-24-25-26-28-29-31-33-35-37-39-41-43-48(50)55-45-47(46-56-58(52,53)54)57-49(51)44-42-40-38-36-34-32-30-27-22-20-18-16-14-12-10-8-6-4-2/h47H,3-46H2,1-2H3,(H2,52,53,54)/t47-/m1/s1. The molecule has 0 saturated heterocycles. The van der Waals surface area contributed by atoms with Gasteiger partial charge in [-0.15, -0.1) is 0 Å².